The molecule has 0 radical (unpaired) electrons. The van der Waals surface area contributed by atoms with Gasteiger partial charge in [-0.15, -0.1) is 0 Å². The van der Waals surface area contributed by atoms with Crippen LogP contribution in [0.1, 0.15) is 5.56 Å². The van der Waals surface area contributed by atoms with Crippen LogP contribution in [0, 0.1) is 5.82 Å². The first-order chi connectivity index (χ1) is 13.1. The standard InChI is InChI=1S/C21H14ClFN2OS/c22-15-7-5-8-16(12-15)25-20(26)17-9-2-4-11-19(17)24-21(25)27-13-14-6-1-3-10-18(14)23/h1-12H,13H2. The molecule has 3 nitrogen and oxygen atoms in total. The third-order valence-electron chi connectivity index (χ3n) is 4.13. The average Bonchev–Trinajstić information content (AvgIpc) is 2.67. The molecule has 1 aromatic heterocycles. The van der Waals surface area contributed by atoms with Crippen LogP contribution in [0.2, 0.25) is 5.02 Å². The number of hydrogen-bond donors (Lipinski definition) is 0. The number of rotatable bonds is 4. The number of fused-ring (bicyclic) bond motifs is 1. The predicted octanol–water partition coefficient (Wildman–Crippen LogP) is 5.47. The van der Waals surface area contributed by atoms with Crippen LogP contribution in [0.25, 0.3) is 16.6 Å². The Balaban J connectivity index is 1.86. The Morgan fingerprint density at radius 3 is 2.59 bits per heavy atom. The molecule has 27 heavy (non-hydrogen) atoms. The van der Waals surface area contributed by atoms with Gasteiger partial charge in [-0.1, -0.05) is 59.8 Å². The zero-order chi connectivity index (χ0) is 18.8. The monoisotopic (exact) mass is 396 g/mol. The summed E-state index contributed by atoms with van der Waals surface area (Å²) in [5.74, 6) is 0.0836. The van der Waals surface area contributed by atoms with Gasteiger partial charge in [0.25, 0.3) is 5.56 Å². The summed E-state index contributed by atoms with van der Waals surface area (Å²) < 4.78 is 15.5. The van der Waals surface area contributed by atoms with Gasteiger partial charge in [0.2, 0.25) is 0 Å². The van der Waals surface area contributed by atoms with Crippen LogP contribution in [-0.4, -0.2) is 9.55 Å². The first kappa shape index (κ1) is 17.8. The van der Waals surface area contributed by atoms with E-state index in [1.165, 1.54) is 22.4 Å². The van der Waals surface area contributed by atoms with Crippen LogP contribution in [0.15, 0.2) is 82.7 Å². The van der Waals surface area contributed by atoms with Gasteiger partial charge in [0.1, 0.15) is 5.82 Å². The summed E-state index contributed by atoms with van der Waals surface area (Å²) in [6, 6.07) is 20.8. The summed E-state index contributed by atoms with van der Waals surface area (Å²) in [4.78, 5) is 17.8. The van der Waals surface area contributed by atoms with Gasteiger partial charge in [0.15, 0.2) is 5.16 Å². The molecule has 1 heterocycles. The Bertz CT molecular complexity index is 1190. The van der Waals surface area contributed by atoms with Crippen molar-refractivity contribution in [1.82, 2.24) is 9.55 Å². The maximum atomic E-state index is 14.0. The minimum atomic E-state index is -0.276. The molecule has 0 N–H and O–H groups in total. The number of benzene rings is 3. The molecule has 3 aromatic carbocycles. The zero-order valence-electron chi connectivity index (χ0n) is 14.1. The van der Waals surface area contributed by atoms with Gasteiger partial charge in [-0.25, -0.2) is 9.37 Å². The lowest BCUT2D eigenvalue weighted by molar-refractivity contribution is 0.617. The molecule has 4 aromatic rings. The number of nitrogens with zero attached hydrogens (tertiary/aromatic N) is 2. The first-order valence-corrected chi connectivity index (χ1v) is 9.64. The number of para-hydroxylation sites is 1. The average molecular weight is 397 g/mol. The maximum Gasteiger partial charge on any atom is 0.266 e. The number of halogens is 2. The molecule has 0 amide bonds. The Morgan fingerprint density at radius 2 is 1.78 bits per heavy atom. The molecule has 0 atom stereocenters. The molecule has 134 valence electrons. The quantitative estimate of drug-likeness (QED) is 0.339. The van der Waals surface area contributed by atoms with E-state index < -0.39 is 0 Å². The van der Waals surface area contributed by atoms with Crippen molar-refractivity contribution in [2.75, 3.05) is 0 Å². The third-order valence-corrected chi connectivity index (χ3v) is 5.35. The molecule has 0 unspecified atom stereocenters. The molecule has 0 aliphatic heterocycles. The summed E-state index contributed by atoms with van der Waals surface area (Å²) in [5.41, 5.74) is 1.61. The van der Waals surface area contributed by atoms with Crippen LogP contribution in [0.4, 0.5) is 4.39 Å². The minimum Gasteiger partial charge on any atom is -0.268 e. The van der Waals surface area contributed by atoms with Crippen LogP contribution < -0.4 is 5.56 Å². The lowest BCUT2D eigenvalue weighted by Crippen LogP contribution is -2.21. The Hall–Kier alpha value is -2.63. The van der Waals surface area contributed by atoms with Crippen molar-refractivity contribution in [3.05, 3.63) is 99.6 Å². The summed E-state index contributed by atoms with van der Waals surface area (Å²) in [6.07, 6.45) is 0. The van der Waals surface area contributed by atoms with Gasteiger partial charge < -0.3 is 0 Å². The molecule has 0 fully saturated rings. The third kappa shape index (κ3) is 3.61. The van der Waals surface area contributed by atoms with E-state index in [0.717, 1.165) is 0 Å². The second-order valence-electron chi connectivity index (χ2n) is 5.91. The molecule has 0 spiro atoms. The summed E-state index contributed by atoms with van der Waals surface area (Å²) >= 11 is 7.43. The van der Waals surface area contributed by atoms with E-state index >= 15 is 0 Å². The number of aromatic nitrogens is 2. The second kappa shape index (κ2) is 7.55. The fourth-order valence-electron chi connectivity index (χ4n) is 2.81. The van der Waals surface area contributed by atoms with Crippen LogP contribution in [-0.2, 0) is 5.75 Å². The van der Waals surface area contributed by atoms with E-state index in [1.54, 1.807) is 60.7 Å². The molecule has 0 aliphatic rings. The van der Waals surface area contributed by atoms with Gasteiger partial charge in [0, 0.05) is 10.8 Å². The van der Waals surface area contributed by atoms with Gasteiger partial charge in [0.05, 0.1) is 16.6 Å². The molecule has 0 aliphatic carbocycles. The molecule has 6 heteroatoms. The highest BCUT2D eigenvalue weighted by Gasteiger charge is 2.14. The fraction of sp³-hybridized carbons (Fsp3) is 0.0476. The number of hydrogen-bond acceptors (Lipinski definition) is 3. The van der Waals surface area contributed by atoms with E-state index in [2.05, 4.69) is 4.98 Å². The minimum absolute atomic E-state index is 0.182. The summed E-state index contributed by atoms with van der Waals surface area (Å²) in [7, 11) is 0. The molecule has 0 saturated heterocycles. The van der Waals surface area contributed by atoms with Crippen molar-refractivity contribution in [2.24, 2.45) is 0 Å². The smallest absolute Gasteiger partial charge is 0.266 e. The Labute approximate surface area is 164 Å². The summed E-state index contributed by atoms with van der Waals surface area (Å²) in [5, 5.41) is 1.54. The second-order valence-corrected chi connectivity index (χ2v) is 7.29. The number of thioether (sulfide) groups is 1. The first-order valence-electron chi connectivity index (χ1n) is 8.27. The molecule has 0 bridgehead atoms. The topological polar surface area (TPSA) is 34.9 Å². The SMILES string of the molecule is O=c1c2ccccc2nc(SCc2ccccc2F)n1-c1cccc(Cl)c1. The molecular weight excluding hydrogens is 383 g/mol. The van der Waals surface area contributed by atoms with Crippen LogP contribution in [0.5, 0.6) is 0 Å². The molecule has 4 rings (SSSR count). The normalized spacial score (nSPS) is 11.0. The highest BCUT2D eigenvalue weighted by molar-refractivity contribution is 7.98. The van der Waals surface area contributed by atoms with Gasteiger partial charge in [-0.2, -0.15) is 0 Å². The van der Waals surface area contributed by atoms with E-state index in [0.29, 0.717) is 38.1 Å². The Morgan fingerprint density at radius 1 is 1.00 bits per heavy atom. The summed E-state index contributed by atoms with van der Waals surface area (Å²) in [6.45, 7) is 0. The van der Waals surface area contributed by atoms with E-state index in [4.69, 9.17) is 11.6 Å². The largest absolute Gasteiger partial charge is 0.268 e. The van der Waals surface area contributed by atoms with Crippen molar-refractivity contribution in [2.45, 2.75) is 10.9 Å². The fourth-order valence-corrected chi connectivity index (χ4v) is 3.99. The Kier molecular flexibility index (Phi) is 4.97. The van der Waals surface area contributed by atoms with Gasteiger partial charge >= 0.3 is 0 Å². The van der Waals surface area contributed by atoms with Crippen LogP contribution in [0.3, 0.4) is 0 Å². The van der Waals surface area contributed by atoms with E-state index in [1.807, 2.05) is 6.07 Å². The van der Waals surface area contributed by atoms with Crippen molar-refractivity contribution >= 4 is 34.3 Å². The molecule has 0 saturated carbocycles. The van der Waals surface area contributed by atoms with Crippen LogP contribution >= 0.6 is 23.4 Å². The molecular formula is C21H14ClFN2OS. The van der Waals surface area contributed by atoms with Crippen molar-refractivity contribution in [3.8, 4) is 5.69 Å². The predicted molar refractivity (Wildman–Crippen MR) is 108 cm³/mol. The lowest BCUT2D eigenvalue weighted by atomic mass is 10.2. The van der Waals surface area contributed by atoms with Gasteiger partial charge in [-0.05, 0) is 42.0 Å². The van der Waals surface area contributed by atoms with Gasteiger partial charge in [-0.3, -0.25) is 9.36 Å². The van der Waals surface area contributed by atoms with Crippen molar-refractivity contribution < 1.29 is 4.39 Å². The zero-order valence-corrected chi connectivity index (χ0v) is 15.7. The van der Waals surface area contributed by atoms with E-state index in [-0.39, 0.29) is 11.4 Å². The van der Waals surface area contributed by atoms with Crippen molar-refractivity contribution in [3.63, 3.8) is 0 Å². The van der Waals surface area contributed by atoms with E-state index in [9.17, 15) is 9.18 Å². The lowest BCUT2D eigenvalue weighted by Gasteiger charge is -2.13. The maximum absolute atomic E-state index is 14.0. The highest BCUT2D eigenvalue weighted by Crippen LogP contribution is 2.26. The highest BCUT2D eigenvalue weighted by atomic mass is 35.5. The van der Waals surface area contributed by atoms with Crippen molar-refractivity contribution in [1.29, 1.82) is 0 Å².